The molecule has 0 nitrogen and oxygen atoms in total. The van der Waals surface area contributed by atoms with Gasteiger partial charge in [-0.3, -0.25) is 6.08 Å². The molecule has 0 unspecified atom stereocenters. The van der Waals surface area contributed by atoms with E-state index in [2.05, 4.69) is 12.2 Å². The maximum atomic E-state index is 2.99. The minimum Gasteiger partial charge on any atom is -0.273 e. The summed E-state index contributed by atoms with van der Waals surface area (Å²) in [5, 5.41) is 0. The zero-order valence-electron chi connectivity index (χ0n) is 4.09. The summed E-state index contributed by atoms with van der Waals surface area (Å²) in [5.41, 5.74) is 0. The molecule has 0 fully saturated rings. The van der Waals surface area contributed by atoms with E-state index in [9.17, 15) is 0 Å². The molecule has 1 rings (SSSR count). The summed E-state index contributed by atoms with van der Waals surface area (Å²) < 4.78 is 0. The van der Waals surface area contributed by atoms with Crippen LogP contribution in [0.25, 0.3) is 0 Å². The number of hydrogen-bond acceptors (Lipinski definition) is 0. The summed E-state index contributed by atoms with van der Waals surface area (Å²) in [6.45, 7) is 0. The maximum absolute atomic E-state index is 2.99. The van der Waals surface area contributed by atoms with Gasteiger partial charge in [-0.2, -0.15) is 6.08 Å². The normalized spacial score (nSPS) is 11.0. The average Bonchev–Trinajstić information content (AvgIpc) is 1.76. The van der Waals surface area contributed by atoms with E-state index in [1.54, 1.807) is 0 Å². The Morgan fingerprint density at radius 1 is 1.25 bits per heavy atom. The first-order chi connectivity index (χ1) is 2.50. The second-order valence-electron chi connectivity index (χ2n) is 1.00. The zero-order chi connectivity index (χ0) is 3.54. The van der Waals surface area contributed by atoms with Gasteiger partial charge in [-0.25, -0.2) is 12.2 Å². The van der Waals surface area contributed by atoms with Gasteiger partial charge in [0.1, 0.15) is 0 Å². The first kappa shape index (κ1) is 16.3. The molecule has 1 aliphatic carbocycles. The molecular weight excluding hydrogens is 417 g/mol. The second-order valence-corrected chi connectivity index (χ2v) is 1.00. The third-order valence-electron chi connectivity index (χ3n) is 0.586. The van der Waals surface area contributed by atoms with E-state index >= 15 is 0 Å². The van der Waals surface area contributed by atoms with Gasteiger partial charge in [0.15, 0.2) is 0 Å². The summed E-state index contributed by atoms with van der Waals surface area (Å²) >= 11 is 0. The van der Waals surface area contributed by atoms with Crippen LogP contribution in [0.3, 0.4) is 0 Å². The van der Waals surface area contributed by atoms with Crippen LogP contribution in [0.2, 0.25) is 0 Å². The molecule has 0 aromatic heterocycles. The molecule has 0 amide bonds. The molecule has 0 saturated heterocycles. The van der Waals surface area contributed by atoms with Crippen molar-refractivity contribution in [2.45, 2.75) is 6.42 Å². The Hall–Kier alpha value is 1.56. The molecule has 0 saturated carbocycles. The standard InChI is InChI=1S/C5H5.2HI.Rh/c1-2-4-5-3-1;;;/h1-3H,4H2;2*1H;/q-1;;;. The molecule has 8 heavy (non-hydrogen) atoms. The molecule has 0 bridgehead atoms. The van der Waals surface area contributed by atoms with Crippen LogP contribution in [0, 0.1) is 6.08 Å². The second kappa shape index (κ2) is 11.4. The van der Waals surface area contributed by atoms with E-state index in [1.807, 2.05) is 12.2 Å². The van der Waals surface area contributed by atoms with Crippen LogP contribution < -0.4 is 0 Å². The third-order valence-corrected chi connectivity index (χ3v) is 0.586. The summed E-state index contributed by atoms with van der Waals surface area (Å²) in [5.74, 6) is 0. The van der Waals surface area contributed by atoms with Gasteiger partial charge in [0.25, 0.3) is 0 Å². The van der Waals surface area contributed by atoms with Crippen molar-refractivity contribution in [2.75, 3.05) is 0 Å². The van der Waals surface area contributed by atoms with Crippen LogP contribution >= 0.6 is 48.0 Å². The first-order valence-electron chi connectivity index (χ1n) is 1.72. The molecule has 3 heteroatoms. The first-order valence-corrected chi connectivity index (χ1v) is 1.72. The summed E-state index contributed by atoms with van der Waals surface area (Å²) in [6.07, 6.45) is 10.0. The Morgan fingerprint density at radius 3 is 2.00 bits per heavy atom. The SMILES string of the molecule is I.I.[C-]1=CC=CC1.[Rh]. The molecule has 0 aliphatic heterocycles. The van der Waals surface area contributed by atoms with E-state index in [0.717, 1.165) is 6.42 Å². The molecule has 0 N–H and O–H groups in total. The summed E-state index contributed by atoms with van der Waals surface area (Å²) in [6, 6.07) is 0. The molecule has 0 aromatic rings. The zero-order valence-corrected chi connectivity index (χ0v) is 10.4. The Kier molecular flexibility index (Phi) is 23.1. The Labute approximate surface area is 97.0 Å². The molecular formula is C5H7I2Rh-. The smallest absolute Gasteiger partial charge is 0 e. The van der Waals surface area contributed by atoms with Gasteiger partial charge in [-0.15, -0.1) is 54.4 Å². The van der Waals surface area contributed by atoms with Crippen molar-refractivity contribution < 1.29 is 19.5 Å². The molecule has 51 valence electrons. The van der Waals surface area contributed by atoms with Crippen molar-refractivity contribution in [3.05, 3.63) is 24.3 Å². The van der Waals surface area contributed by atoms with Gasteiger partial charge in [-0.05, 0) is 0 Å². The van der Waals surface area contributed by atoms with Gasteiger partial charge in [0.2, 0.25) is 0 Å². The Morgan fingerprint density at radius 2 is 1.88 bits per heavy atom. The summed E-state index contributed by atoms with van der Waals surface area (Å²) in [4.78, 5) is 0. The van der Waals surface area contributed by atoms with Gasteiger partial charge in [-0.1, -0.05) is 0 Å². The Balaban J connectivity index is -0.0000000833. The molecule has 1 aliphatic rings. The van der Waals surface area contributed by atoms with Gasteiger partial charge in [0, 0.05) is 19.5 Å². The fraction of sp³-hybridized carbons (Fsp3) is 0.200. The monoisotopic (exact) mass is 424 g/mol. The van der Waals surface area contributed by atoms with Crippen LogP contribution in [0.5, 0.6) is 0 Å². The molecule has 0 heterocycles. The number of rotatable bonds is 0. The predicted octanol–water partition coefficient (Wildman–Crippen LogP) is 2.54. The fourth-order valence-electron chi connectivity index (χ4n) is 0.340. The average molecular weight is 424 g/mol. The van der Waals surface area contributed by atoms with E-state index < -0.39 is 0 Å². The number of halogens is 2. The molecule has 0 atom stereocenters. The molecule has 1 radical (unpaired) electrons. The topological polar surface area (TPSA) is 0 Å². The van der Waals surface area contributed by atoms with Crippen molar-refractivity contribution in [1.82, 2.24) is 0 Å². The largest absolute Gasteiger partial charge is 0.273 e. The van der Waals surface area contributed by atoms with Crippen molar-refractivity contribution in [3.63, 3.8) is 0 Å². The van der Waals surface area contributed by atoms with Crippen LogP contribution in [-0.2, 0) is 19.5 Å². The molecule has 0 aromatic carbocycles. The van der Waals surface area contributed by atoms with Crippen LogP contribution in [0.4, 0.5) is 0 Å². The quantitative estimate of drug-likeness (QED) is 0.319. The third kappa shape index (κ3) is 7.56. The molecule has 0 spiro atoms. The number of hydrogen-bond donors (Lipinski definition) is 0. The van der Waals surface area contributed by atoms with Crippen molar-refractivity contribution in [3.8, 4) is 0 Å². The van der Waals surface area contributed by atoms with Gasteiger partial charge in [0.05, 0.1) is 0 Å². The maximum Gasteiger partial charge on any atom is 0 e. The van der Waals surface area contributed by atoms with Crippen molar-refractivity contribution in [1.29, 1.82) is 0 Å². The van der Waals surface area contributed by atoms with E-state index in [4.69, 9.17) is 0 Å². The fourth-order valence-corrected chi connectivity index (χ4v) is 0.340. The minimum absolute atomic E-state index is 0. The summed E-state index contributed by atoms with van der Waals surface area (Å²) in [7, 11) is 0. The predicted molar refractivity (Wildman–Crippen MR) is 52.4 cm³/mol. The van der Waals surface area contributed by atoms with Crippen molar-refractivity contribution in [2.24, 2.45) is 0 Å². The van der Waals surface area contributed by atoms with Crippen LogP contribution in [0.1, 0.15) is 6.42 Å². The van der Waals surface area contributed by atoms with Gasteiger partial charge >= 0.3 is 0 Å². The van der Waals surface area contributed by atoms with Crippen LogP contribution in [0.15, 0.2) is 18.2 Å². The van der Waals surface area contributed by atoms with Gasteiger partial charge < -0.3 is 0 Å². The van der Waals surface area contributed by atoms with Crippen molar-refractivity contribution >= 4 is 48.0 Å². The van der Waals surface area contributed by atoms with E-state index in [-0.39, 0.29) is 67.4 Å². The Bertz CT molecular complexity index is 68.5. The van der Waals surface area contributed by atoms with E-state index in [0.29, 0.717) is 0 Å². The minimum atomic E-state index is 0. The number of allylic oxidation sites excluding steroid dienone is 4. The van der Waals surface area contributed by atoms with E-state index in [1.165, 1.54) is 0 Å². The van der Waals surface area contributed by atoms with Crippen LogP contribution in [-0.4, -0.2) is 0 Å².